The summed E-state index contributed by atoms with van der Waals surface area (Å²) in [6, 6.07) is 0.451. The Hall–Kier alpha value is -1.53. The van der Waals surface area contributed by atoms with Gasteiger partial charge in [-0.1, -0.05) is 13.3 Å². The minimum absolute atomic E-state index is 0.451. The molecule has 1 aliphatic rings. The van der Waals surface area contributed by atoms with Crippen molar-refractivity contribution < 1.29 is 0 Å². The van der Waals surface area contributed by atoms with Crippen LogP contribution in [-0.4, -0.2) is 32.9 Å². The molecule has 0 spiro atoms. The minimum atomic E-state index is 0.451. The average Bonchev–Trinajstić information content (AvgIpc) is 3.09. The van der Waals surface area contributed by atoms with Crippen molar-refractivity contribution in [3.8, 4) is 0 Å². The molecule has 1 aliphatic heterocycles. The standard InChI is InChI=1S/C16H23N5S/c1-2-6-18-16-19-10-13(11-20-16)12-21-8-4-3-5-14(21)15-17-7-9-22-15/h7,9-11,14H,2-6,8,12H2,1H3,(H,18,19,20). The second-order valence-electron chi connectivity index (χ2n) is 5.69. The fraction of sp³-hybridized carbons (Fsp3) is 0.562. The lowest BCUT2D eigenvalue weighted by molar-refractivity contribution is 0.140. The smallest absolute Gasteiger partial charge is 0.222 e. The molecule has 1 saturated heterocycles. The molecule has 0 aromatic carbocycles. The zero-order valence-electron chi connectivity index (χ0n) is 13.0. The van der Waals surface area contributed by atoms with Gasteiger partial charge in [0.25, 0.3) is 0 Å². The molecule has 1 atom stereocenters. The Kier molecular flexibility index (Phi) is 5.34. The Morgan fingerprint density at radius 3 is 2.86 bits per heavy atom. The van der Waals surface area contributed by atoms with Gasteiger partial charge in [0.05, 0.1) is 6.04 Å². The van der Waals surface area contributed by atoms with E-state index in [0.717, 1.165) is 32.0 Å². The quantitative estimate of drug-likeness (QED) is 0.884. The van der Waals surface area contributed by atoms with Crippen LogP contribution in [0.15, 0.2) is 24.0 Å². The normalized spacial score (nSPS) is 19.2. The number of aromatic nitrogens is 3. The monoisotopic (exact) mass is 317 g/mol. The SMILES string of the molecule is CCCNc1ncc(CN2CCCCC2c2nccs2)cn1. The van der Waals surface area contributed by atoms with Crippen LogP contribution in [0.4, 0.5) is 5.95 Å². The third kappa shape index (κ3) is 3.81. The number of piperidine rings is 1. The number of nitrogens with zero attached hydrogens (tertiary/aromatic N) is 4. The van der Waals surface area contributed by atoms with E-state index in [1.54, 1.807) is 11.3 Å². The molecular weight excluding hydrogens is 294 g/mol. The number of anilines is 1. The molecule has 2 aromatic heterocycles. The first-order valence-electron chi connectivity index (χ1n) is 8.05. The van der Waals surface area contributed by atoms with Crippen molar-refractivity contribution in [3.63, 3.8) is 0 Å². The van der Waals surface area contributed by atoms with Crippen LogP contribution in [0.1, 0.15) is 49.2 Å². The number of rotatable bonds is 6. The molecule has 22 heavy (non-hydrogen) atoms. The Balaban J connectivity index is 1.65. The fourth-order valence-electron chi connectivity index (χ4n) is 2.86. The largest absolute Gasteiger partial charge is 0.354 e. The van der Waals surface area contributed by atoms with Crippen LogP contribution in [0.25, 0.3) is 0 Å². The summed E-state index contributed by atoms with van der Waals surface area (Å²) < 4.78 is 0. The molecule has 0 aliphatic carbocycles. The Labute approximate surface area is 135 Å². The number of hydrogen-bond acceptors (Lipinski definition) is 6. The Bertz CT molecular complexity index is 554. The van der Waals surface area contributed by atoms with Crippen LogP contribution in [0, 0.1) is 0 Å². The van der Waals surface area contributed by atoms with E-state index in [4.69, 9.17) is 0 Å². The lowest BCUT2D eigenvalue weighted by Gasteiger charge is -2.34. The van der Waals surface area contributed by atoms with Crippen LogP contribution >= 0.6 is 11.3 Å². The number of likely N-dealkylation sites (tertiary alicyclic amines) is 1. The topological polar surface area (TPSA) is 53.9 Å². The van der Waals surface area contributed by atoms with Gasteiger partial charge in [0.1, 0.15) is 5.01 Å². The third-order valence-corrected chi connectivity index (χ3v) is 4.85. The summed E-state index contributed by atoms with van der Waals surface area (Å²) in [6.45, 7) is 5.08. The summed E-state index contributed by atoms with van der Waals surface area (Å²) in [7, 11) is 0. The molecule has 0 saturated carbocycles. The van der Waals surface area contributed by atoms with Gasteiger partial charge < -0.3 is 5.32 Å². The van der Waals surface area contributed by atoms with Gasteiger partial charge in [0.15, 0.2) is 0 Å². The van der Waals surface area contributed by atoms with Gasteiger partial charge >= 0.3 is 0 Å². The van der Waals surface area contributed by atoms with Crippen molar-refractivity contribution in [2.45, 2.75) is 45.2 Å². The van der Waals surface area contributed by atoms with E-state index < -0.39 is 0 Å². The molecular formula is C16H23N5S. The highest BCUT2D eigenvalue weighted by molar-refractivity contribution is 7.09. The summed E-state index contributed by atoms with van der Waals surface area (Å²) in [4.78, 5) is 15.8. The maximum absolute atomic E-state index is 4.52. The van der Waals surface area contributed by atoms with Crippen LogP contribution < -0.4 is 5.32 Å². The number of hydrogen-bond donors (Lipinski definition) is 1. The van der Waals surface area contributed by atoms with E-state index in [1.807, 2.05) is 18.6 Å². The van der Waals surface area contributed by atoms with Gasteiger partial charge in [-0.2, -0.15) is 0 Å². The third-order valence-electron chi connectivity index (χ3n) is 3.97. The summed E-state index contributed by atoms with van der Waals surface area (Å²) in [5, 5.41) is 6.52. The summed E-state index contributed by atoms with van der Waals surface area (Å²) >= 11 is 1.76. The van der Waals surface area contributed by atoms with Gasteiger partial charge in [-0.15, -0.1) is 11.3 Å². The van der Waals surface area contributed by atoms with Gasteiger partial charge in [-0.3, -0.25) is 4.90 Å². The van der Waals surface area contributed by atoms with Crippen LogP contribution in [0.2, 0.25) is 0 Å². The highest BCUT2D eigenvalue weighted by atomic mass is 32.1. The van der Waals surface area contributed by atoms with Crippen molar-refractivity contribution in [1.82, 2.24) is 19.9 Å². The van der Waals surface area contributed by atoms with Crippen molar-refractivity contribution in [2.24, 2.45) is 0 Å². The number of nitrogens with one attached hydrogen (secondary N) is 1. The first-order chi connectivity index (χ1) is 10.9. The van der Waals surface area contributed by atoms with Gasteiger partial charge in [0, 0.05) is 42.6 Å². The minimum Gasteiger partial charge on any atom is -0.354 e. The van der Waals surface area contributed by atoms with Crippen LogP contribution in [0.3, 0.4) is 0 Å². The molecule has 5 nitrogen and oxygen atoms in total. The average molecular weight is 317 g/mol. The number of thiazole rings is 1. The maximum atomic E-state index is 4.52. The van der Waals surface area contributed by atoms with E-state index >= 15 is 0 Å². The van der Waals surface area contributed by atoms with Crippen LogP contribution in [0.5, 0.6) is 0 Å². The van der Waals surface area contributed by atoms with Gasteiger partial charge in [-0.05, 0) is 25.8 Å². The van der Waals surface area contributed by atoms with E-state index in [1.165, 1.54) is 29.8 Å². The fourth-order valence-corrected chi connectivity index (χ4v) is 3.66. The molecule has 3 rings (SSSR count). The van der Waals surface area contributed by atoms with Crippen molar-refractivity contribution >= 4 is 17.3 Å². The predicted octanol–water partition coefficient (Wildman–Crippen LogP) is 3.48. The van der Waals surface area contributed by atoms with Crippen molar-refractivity contribution in [3.05, 3.63) is 34.5 Å². The molecule has 3 heterocycles. The van der Waals surface area contributed by atoms with Crippen LogP contribution in [-0.2, 0) is 6.54 Å². The highest BCUT2D eigenvalue weighted by Gasteiger charge is 2.25. The first kappa shape index (κ1) is 15.4. The van der Waals surface area contributed by atoms with Crippen molar-refractivity contribution in [2.75, 3.05) is 18.4 Å². The molecule has 0 bridgehead atoms. The van der Waals surface area contributed by atoms with E-state index in [-0.39, 0.29) is 0 Å². The molecule has 118 valence electrons. The predicted molar refractivity (Wildman–Crippen MR) is 89.9 cm³/mol. The molecule has 1 fully saturated rings. The van der Waals surface area contributed by atoms with Gasteiger partial charge in [-0.25, -0.2) is 15.0 Å². The zero-order valence-corrected chi connectivity index (χ0v) is 13.9. The lowest BCUT2D eigenvalue weighted by Crippen LogP contribution is -2.32. The maximum Gasteiger partial charge on any atom is 0.222 e. The summed E-state index contributed by atoms with van der Waals surface area (Å²) in [5.74, 6) is 0.723. The first-order valence-corrected chi connectivity index (χ1v) is 8.93. The van der Waals surface area contributed by atoms with E-state index in [9.17, 15) is 0 Å². The molecule has 1 N–H and O–H groups in total. The second-order valence-corrected chi connectivity index (χ2v) is 6.62. The van der Waals surface area contributed by atoms with Gasteiger partial charge in [0.2, 0.25) is 5.95 Å². The zero-order chi connectivity index (χ0) is 15.2. The van der Waals surface area contributed by atoms with E-state index in [0.29, 0.717) is 6.04 Å². The second kappa shape index (κ2) is 7.65. The molecule has 2 aromatic rings. The summed E-state index contributed by atoms with van der Waals surface area (Å²) in [5.41, 5.74) is 1.17. The highest BCUT2D eigenvalue weighted by Crippen LogP contribution is 2.32. The van der Waals surface area contributed by atoms with Crippen molar-refractivity contribution in [1.29, 1.82) is 0 Å². The van der Waals surface area contributed by atoms with E-state index in [2.05, 4.69) is 37.5 Å². The molecule has 0 amide bonds. The molecule has 1 unspecified atom stereocenters. The molecule has 6 heteroatoms. The Morgan fingerprint density at radius 1 is 1.27 bits per heavy atom. The molecule has 0 radical (unpaired) electrons. The Morgan fingerprint density at radius 2 is 2.14 bits per heavy atom. The summed E-state index contributed by atoms with van der Waals surface area (Å²) in [6.07, 6.45) is 10.6. The lowest BCUT2D eigenvalue weighted by atomic mass is 10.0.